The van der Waals surface area contributed by atoms with Crippen LogP contribution in [0.25, 0.3) is 11.1 Å². The van der Waals surface area contributed by atoms with Gasteiger partial charge in [0.1, 0.15) is 5.52 Å². The highest BCUT2D eigenvalue weighted by atomic mass is 19.4. The number of rotatable bonds is 3. The predicted octanol–water partition coefficient (Wildman–Crippen LogP) is 5.26. The summed E-state index contributed by atoms with van der Waals surface area (Å²) in [6.07, 6.45) is -3.36. The maximum Gasteiger partial charge on any atom is 0.391 e. The molecular weight excluding hydrogens is 333 g/mol. The molecule has 25 heavy (non-hydrogen) atoms. The van der Waals surface area contributed by atoms with Crippen molar-refractivity contribution in [2.45, 2.75) is 51.6 Å². The van der Waals surface area contributed by atoms with Gasteiger partial charge in [-0.25, -0.2) is 4.98 Å². The van der Waals surface area contributed by atoms with Gasteiger partial charge < -0.3 is 9.73 Å². The lowest BCUT2D eigenvalue weighted by molar-refractivity contribution is -0.185. The minimum Gasteiger partial charge on any atom is -0.440 e. The number of fused-ring (bicyclic) bond motifs is 1. The molecule has 0 bridgehead atoms. The van der Waals surface area contributed by atoms with Crippen LogP contribution >= 0.6 is 0 Å². The molecule has 1 fully saturated rings. The van der Waals surface area contributed by atoms with E-state index in [1.54, 1.807) is 18.2 Å². The lowest BCUT2D eigenvalue weighted by Gasteiger charge is -2.29. The Balaban J connectivity index is 1.71. The first-order chi connectivity index (χ1) is 11.7. The molecule has 0 aliphatic heterocycles. The van der Waals surface area contributed by atoms with Gasteiger partial charge in [0.05, 0.1) is 5.92 Å². The second-order valence-electron chi connectivity index (χ2n) is 6.98. The number of benzene rings is 1. The zero-order valence-corrected chi connectivity index (χ0v) is 14.2. The van der Waals surface area contributed by atoms with E-state index in [0.717, 1.165) is 0 Å². The van der Waals surface area contributed by atoms with Gasteiger partial charge in [0.15, 0.2) is 11.5 Å². The molecule has 1 N–H and O–H groups in total. The number of carbonyl (C=O) groups excluding carboxylic acids is 1. The summed E-state index contributed by atoms with van der Waals surface area (Å²) in [5, 5.41) is 2.73. The number of hydrogen-bond donors (Lipinski definition) is 1. The van der Waals surface area contributed by atoms with Gasteiger partial charge >= 0.3 is 6.18 Å². The van der Waals surface area contributed by atoms with Gasteiger partial charge in [-0.05, 0) is 37.5 Å². The molecule has 3 rings (SSSR count). The Morgan fingerprint density at radius 2 is 2.08 bits per heavy atom. The molecule has 136 valence electrons. The first-order valence-electron chi connectivity index (χ1n) is 8.52. The quantitative estimate of drug-likeness (QED) is 0.818. The third kappa shape index (κ3) is 3.96. The Bertz CT molecular complexity index is 767. The van der Waals surface area contributed by atoms with E-state index < -0.39 is 18.0 Å². The van der Waals surface area contributed by atoms with Crippen molar-refractivity contribution >= 4 is 22.7 Å². The van der Waals surface area contributed by atoms with Gasteiger partial charge in [0.25, 0.3) is 0 Å². The molecule has 0 saturated heterocycles. The average Bonchev–Trinajstić information content (AvgIpc) is 2.98. The number of nitrogens with one attached hydrogen (secondary N) is 1. The van der Waals surface area contributed by atoms with Gasteiger partial charge in [0.2, 0.25) is 5.91 Å². The highest BCUT2D eigenvalue weighted by Gasteiger charge is 2.43. The number of aromatic nitrogens is 1. The Hall–Kier alpha value is -2.05. The van der Waals surface area contributed by atoms with Crippen LogP contribution in [-0.4, -0.2) is 17.1 Å². The summed E-state index contributed by atoms with van der Waals surface area (Å²) < 4.78 is 44.3. The van der Waals surface area contributed by atoms with Crippen molar-refractivity contribution in [1.29, 1.82) is 0 Å². The summed E-state index contributed by atoms with van der Waals surface area (Å²) in [6.45, 7) is 3.93. The van der Waals surface area contributed by atoms with Crippen LogP contribution in [-0.2, 0) is 4.79 Å². The normalized spacial score (nSPS) is 21.7. The van der Waals surface area contributed by atoms with Gasteiger partial charge in [-0.3, -0.25) is 4.79 Å². The third-order valence-electron chi connectivity index (χ3n) is 4.67. The number of halogens is 3. The fraction of sp³-hybridized carbons (Fsp3) is 0.556. The Labute approximate surface area is 143 Å². The molecule has 2 atom stereocenters. The molecule has 1 saturated carbocycles. The highest BCUT2D eigenvalue weighted by molar-refractivity contribution is 5.94. The fourth-order valence-corrected chi connectivity index (χ4v) is 3.24. The molecule has 7 heteroatoms. The molecule has 2 aromatic rings. The summed E-state index contributed by atoms with van der Waals surface area (Å²) >= 11 is 0. The lowest BCUT2D eigenvalue weighted by atomic mass is 9.80. The minimum atomic E-state index is -4.23. The largest absolute Gasteiger partial charge is 0.440 e. The highest BCUT2D eigenvalue weighted by Crippen LogP contribution is 2.40. The van der Waals surface area contributed by atoms with E-state index in [4.69, 9.17) is 4.42 Å². The molecule has 1 aromatic heterocycles. The van der Waals surface area contributed by atoms with Gasteiger partial charge in [-0.1, -0.05) is 20.3 Å². The standard InChI is InChI=1S/C18H21F3N2O2/c1-10(2)17-23-14-9-13(6-7-15(14)25-17)22-16(24)11-4-3-5-12(8-11)18(19,20)21/h6-7,9-12H,3-5,8H2,1-2H3,(H,22,24). The fourth-order valence-electron chi connectivity index (χ4n) is 3.24. The summed E-state index contributed by atoms with van der Waals surface area (Å²) in [5.74, 6) is -1.60. The molecule has 1 aliphatic carbocycles. The molecule has 0 radical (unpaired) electrons. The zero-order chi connectivity index (χ0) is 18.2. The number of anilines is 1. The number of alkyl halides is 3. The Morgan fingerprint density at radius 3 is 2.76 bits per heavy atom. The molecule has 0 spiro atoms. The number of nitrogens with zero attached hydrogens (tertiary/aromatic N) is 1. The maximum atomic E-state index is 12.9. The maximum absolute atomic E-state index is 12.9. The van der Waals surface area contributed by atoms with E-state index >= 15 is 0 Å². The van der Waals surface area contributed by atoms with Gasteiger partial charge in [0, 0.05) is 17.5 Å². The average molecular weight is 354 g/mol. The molecule has 1 amide bonds. The molecule has 4 nitrogen and oxygen atoms in total. The molecular formula is C18H21F3N2O2. The second kappa shape index (κ2) is 6.69. The minimum absolute atomic E-state index is 0.107. The van der Waals surface area contributed by atoms with Crippen LogP contribution in [0.1, 0.15) is 51.3 Å². The van der Waals surface area contributed by atoms with Gasteiger partial charge in [-0.2, -0.15) is 13.2 Å². The van der Waals surface area contributed by atoms with Crippen LogP contribution in [0.2, 0.25) is 0 Å². The number of carbonyl (C=O) groups is 1. The molecule has 1 aliphatic rings. The number of hydrogen-bond acceptors (Lipinski definition) is 3. The van der Waals surface area contributed by atoms with Crippen LogP contribution in [0.5, 0.6) is 0 Å². The number of amides is 1. The van der Waals surface area contributed by atoms with E-state index in [1.807, 2.05) is 13.8 Å². The van der Waals surface area contributed by atoms with Crippen LogP contribution in [0.3, 0.4) is 0 Å². The van der Waals surface area contributed by atoms with Crippen LogP contribution < -0.4 is 5.32 Å². The van der Waals surface area contributed by atoms with E-state index in [1.165, 1.54) is 0 Å². The van der Waals surface area contributed by atoms with Crippen molar-refractivity contribution in [2.24, 2.45) is 11.8 Å². The van der Waals surface area contributed by atoms with E-state index in [9.17, 15) is 18.0 Å². The van der Waals surface area contributed by atoms with Crippen molar-refractivity contribution in [3.05, 3.63) is 24.1 Å². The first-order valence-corrected chi connectivity index (χ1v) is 8.52. The molecule has 2 unspecified atom stereocenters. The monoisotopic (exact) mass is 354 g/mol. The van der Waals surface area contributed by atoms with E-state index in [0.29, 0.717) is 35.5 Å². The van der Waals surface area contributed by atoms with Crippen LogP contribution in [0, 0.1) is 11.8 Å². The Kier molecular flexibility index (Phi) is 4.75. The van der Waals surface area contributed by atoms with E-state index in [2.05, 4.69) is 10.3 Å². The summed E-state index contributed by atoms with van der Waals surface area (Å²) in [6, 6.07) is 5.08. The molecule has 1 heterocycles. The predicted molar refractivity (Wildman–Crippen MR) is 88.2 cm³/mol. The third-order valence-corrected chi connectivity index (χ3v) is 4.67. The van der Waals surface area contributed by atoms with Crippen molar-refractivity contribution in [2.75, 3.05) is 5.32 Å². The first kappa shape index (κ1) is 17.8. The summed E-state index contributed by atoms with van der Waals surface area (Å²) in [7, 11) is 0. The smallest absolute Gasteiger partial charge is 0.391 e. The Morgan fingerprint density at radius 1 is 1.32 bits per heavy atom. The zero-order valence-electron chi connectivity index (χ0n) is 14.2. The van der Waals surface area contributed by atoms with E-state index in [-0.39, 0.29) is 24.7 Å². The van der Waals surface area contributed by atoms with Crippen molar-refractivity contribution < 1.29 is 22.4 Å². The second-order valence-corrected chi connectivity index (χ2v) is 6.98. The lowest BCUT2D eigenvalue weighted by Crippen LogP contribution is -2.34. The van der Waals surface area contributed by atoms with Crippen LogP contribution in [0.15, 0.2) is 22.6 Å². The van der Waals surface area contributed by atoms with Crippen molar-refractivity contribution in [3.63, 3.8) is 0 Å². The topological polar surface area (TPSA) is 55.1 Å². The number of oxazole rings is 1. The SMILES string of the molecule is CC(C)c1nc2cc(NC(=O)C3CCCC(C(F)(F)F)C3)ccc2o1. The van der Waals surface area contributed by atoms with Crippen LogP contribution in [0.4, 0.5) is 18.9 Å². The molecule has 1 aromatic carbocycles. The van der Waals surface area contributed by atoms with Gasteiger partial charge in [-0.15, -0.1) is 0 Å². The summed E-state index contributed by atoms with van der Waals surface area (Å²) in [4.78, 5) is 16.7. The van der Waals surface area contributed by atoms with Crippen molar-refractivity contribution in [1.82, 2.24) is 4.98 Å². The summed E-state index contributed by atoms with van der Waals surface area (Å²) in [5.41, 5.74) is 1.77. The van der Waals surface area contributed by atoms with Crippen molar-refractivity contribution in [3.8, 4) is 0 Å².